The minimum absolute atomic E-state index is 0.0129. The molecule has 3 amide bonds. The standard InChI is InChI=1S/C19H15N3O7/c1-10-3-5-12(8-15(10)22(27)28)20-16(23)9-29-19(26)11-4-6-13-14(7-11)18(25)21(2)17(13)24/h3-8H,9H2,1-2H3,(H,20,23). The Labute approximate surface area is 164 Å². The third kappa shape index (κ3) is 3.81. The summed E-state index contributed by atoms with van der Waals surface area (Å²) in [7, 11) is 1.34. The number of fused-ring (bicyclic) bond motifs is 1. The van der Waals surface area contributed by atoms with Crippen molar-refractivity contribution in [3.63, 3.8) is 0 Å². The third-order valence-electron chi connectivity index (χ3n) is 4.35. The molecule has 0 radical (unpaired) electrons. The zero-order chi connectivity index (χ0) is 21.3. The molecule has 1 aliphatic rings. The van der Waals surface area contributed by atoms with Gasteiger partial charge in [0.05, 0.1) is 21.6 Å². The van der Waals surface area contributed by atoms with Gasteiger partial charge in [-0.15, -0.1) is 0 Å². The molecule has 1 heterocycles. The van der Waals surface area contributed by atoms with Crippen molar-refractivity contribution in [2.75, 3.05) is 19.0 Å². The lowest BCUT2D eigenvalue weighted by molar-refractivity contribution is -0.385. The Hall–Kier alpha value is -4.08. The number of anilines is 1. The molecule has 0 aliphatic carbocycles. The van der Waals surface area contributed by atoms with Gasteiger partial charge in [-0.25, -0.2) is 4.79 Å². The fourth-order valence-electron chi connectivity index (χ4n) is 2.78. The lowest BCUT2D eigenvalue weighted by atomic mass is 10.1. The fraction of sp³-hybridized carbons (Fsp3) is 0.158. The summed E-state index contributed by atoms with van der Waals surface area (Å²) in [6.45, 7) is 0.933. The van der Waals surface area contributed by atoms with Crippen molar-refractivity contribution in [2.45, 2.75) is 6.92 Å². The molecule has 10 nitrogen and oxygen atoms in total. The highest BCUT2D eigenvalue weighted by Gasteiger charge is 2.33. The molecule has 1 aliphatic heterocycles. The molecule has 0 spiro atoms. The number of hydrogen-bond acceptors (Lipinski definition) is 7. The van der Waals surface area contributed by atoms with E-state index in [1.807, 2.05) is 0 Å². The van der Waals surface area contributed by atoms with Gasteiger partial charge in [-0.3, -0.25) is 29.4 Å². The number of amides is 3. The number of carbonyl (C=O) groups excluding carboxylic acids is 4. The summed E-state index contributed by atoms with van der Waals surface area (Å²) in [5, 5.41) is 13.4. The van der Waals surface area contributed by atoms with Crippen LogP contribution in [0.25, 0.3) is 0 Å². The van der Waals surface area contributed by atoms with Crippen LogP contribution < -0.4 is 5.32 Å². The Bertz CT molecular complexity index is 1080. The summed E-state index contributed by atoms with van der Waals surface area (Å²) in [5.74, 6) is -2.54. The maximum atomic E-state index is 12.2. The minimum atomic E-state index is -0.854. The molecule has 0 bridgehead atoms. The van der Waals surface area contributed by atoms with Crippen LogP contribution in [-0.4, -0.2) is 47.2 Å². The van der Waals surface area contributed by atoms with Gasteiger partial charge in [-0.2, -0.15) is 0 Å². The molecule has 0 atom stereocenters. The minimum Gasteiger partial charge on any atom is -0.452 e. The Morgan fingerprint density at radius 3 is 2.48 bits per heavy atom. The topological polar surface area (TPSA) is 136 Å². The number of ether oxygens (including phenoxy) is 1. The maximum Gasteiger partial charge on any atom is 0.338 e. The largest absolute Gasteiger partial charge is 0.452 e. The van der Waals surface area contributed by atoms with E-state index < -0.39 is 35.2 Å². The second-order valence-electron chi connectivity index (χ2n) is 6.31. The number of carbonyl (C=O) groups is 4. The van der Waals surface area contributed by atoms with E-state index in [-0.39, 0.29) is 28.1 Å². The normalized spacial score (nSPS) is 12.6. The molecule has 0 saturated carbocycles. The van der Waals surface area contributed by atoms with Crippen LogP contribution in [0.1, 0.15) is 36.6 Å². The zero-order valence-corrected chi connectivity index (χ0v) is 15.4. The molecule has 2 aromatic carbocycles. The van der Waals surface area contributed by atoms with Crippen molar-refractivity contribution in [1.29, 1.82) is 0 Å². The number of benzene rings is 2. The van der Waals surface area contributed by atoms with Gasteiger partial charge in [-0.05, 0) is 31.2 Å². The Morgan fingerprint density at radius 2 is 1.79 bits per heavy atom. The van der Waals surface area contributed by atoms with Gasteiger partial charge in [0.25, 0.3) is 23.4 Å². The molecule has 0 unspecified atom stereocenters. The Morgan fingerprint density at radius 1 is 1.10 bits per heavy atom. The number of nitro benzene ring substituents is 1. The van der Waals surface area contributed by atoms with Crippen LogP contribution in [-0.2, 0) is 9.53 Å². The Kier molecular flexibility index (Phi) is 5.09. The van der Waals surface area contributed by atoms with E-state index in [9.17, 15) is 29.3 Å². The van der Waals surface area contributed by atoms with Gasteiger partial charge in [0.15, 0.2) is 6.61 Å². The van der Waals surface area contributed by atoms with Crippen LogP contribution in [0.5, 0.6) is 0 Å². The van der Waals surface area contributed by atoms with Gasteiger partial charge >= 0.3 is 5.97 Å². The zero-order valence-electron chi connectivity index (χ0n) is 15.4. The summed E-state index contributed by atoms with van der Waals surface area (Å²) in [4.78, 5) is 59.3. The Balaban J connectivity index is 1.64. The van der Waals surface area contributed by atoms with Gasteiger partial charge in [0, 0.05) is 24.4 Å². The second-order valence-corrected chi connectivity index (χ2v) is 6.31. The molecule has 1 N–H and O–H groups in total. The number of nitro groups is 1. The van der Waals surface area contributed by atoms with E-state index in [1.165, 1.54) is 43.4 Å². The van der Waals surface area contributed by atoms with Gasteiger partial charge in [-0.1, -0.05) is 6.07 Å². The highest BCUT2D eigenvalue weighted by Crippen LogP contribution is 2.24. The summed E-state index contributed by atoms with van der Waals surface area (Å²) >= 11 is 0. The predicted molar refractivity (Wildman–Crippen MR) is 99.6 cm³/mol. The highest BCUT2D eigenvalue weighted by atomic mass is 16.6. The number of nitrogens with zero attached hydrogens (tertiary/aromatic N) is 2. The van der Waals surface area contributed by atoms with Crippen LogP contribution >= 0.6 is 0 Å². The van der Waals surface area contributed by atoms with Crippen molar-refractivity contribution in [3.05, 3.63) is 68.8 Å². The van der Waals surface area contributed by atoms with E-state index in [1.54, 1.807) is 6.92 Å². The molecule has 0 aromatic heterocycles. The van der Waals surface area contributed by atoms with Crippen LogP contribution in [0, 0.1) is 17.0 Å². The number of esters is 1. The number of nitrogens with one attached hydrogen (secondary N) is 1. The summed E-state index contributed by atoms with van der Waals surface area (Å²) < 4.78 is 4.92. The highest BCUT2D eigenvalue weighted by molar-refractivity contribution is 6.21. The SMILES string of the molecule is Cc1ccc(NC(=O)COC(=O)c2ccc3c(c2)C(=O)N(C)C3=O)cc1[N+](=O)[O-]. The first kappa shape index (κ1) is 19.7. The fourth-order valence-corrected chi connectivity index (χ4v) is 2.78. The first-order valence-corrected chi connectivity index (χ1v) is 8.37. The molecule has 0 saturated heterocycles. The van der Waals surface area contributed by atoms with Crippen molar-refractivity contribution in [2.24, 2.45) is 0 Å². The van der Waals surface area contributed by atoms with E-state index in [2.05, 4.69) is 5.32 Å². The van der Waals surface area contributed by atoms with Crippen molar-refractivity contribution in [1.82, 2.24) is 4.90 Å². The molecule has 3 rings (SSSR count). The predicted octanol–water partition coefficient (Wildman–Crippen LogP) is 1.92. The van der Waals surface area contributed by atoms with Crippen molar-refractivity contribution >= 4 is 35.1 Å². The molecular formula is C19H15N3O7. The molecule has 148 valence electrons. The molecule has 2 aromatic rings. The third-order valence-corrected chi connectivity index (χ3v) is 4.35. The summed E-state index contributed by atoms with van der Waals surface area (Å²) in [6.07, 6.45) is 0. The van der Waals surface area contributed by atoms with Crippen LogP contribution in [0.15, 0.2) is 36.4 Å². The molecule has 0 fully saturated rings. The first-order chi connectivity index (χ1) is 13.7. The van der Waals surface area contributed by atoms with Crippen LogP contribution in [0.2, 0.25) is 0 Å². The number of aryl methyl sites for hydroxylation is 1. The quantitative estimate of drug-likeness (QED) is 0.352. The smallest absolute Gasteiger partial charge is 0.338 e. The second kappa shape index (κ2) is 7.50. The van der Waals surface area contributed by atoms with E-state index >= 15 is 0 Å². The monoisotopic (exact) mass is 397 g/mol. The van der Waals surface area contributed by atoms with E-state index in [0.29, 0.717) is 5.56 Å². The number of imide groups is 1. The van der Waals surface area contributed by atoms with Gasteiger partial charge in [0.2, 0.25) is 0 Å². The molecular weight excluding hydrogens is 382 g/mol. The number of hydrogen-bond donors (Lipinski definition) is 1. The van der Waals surface area contributed by atoms with Crippen molar-refractivity contribution in [3.8, 4) is 0 Å². The molecule has 29 heavy (non-hydrogen) atoms. The van der Waals surface area contributed by atoms with Gasteiger partial charge in [0.1, 0.15) is 0 Å². The lowest BCUT2D eigenvalue weighted by Gasteiger charge is -2.08. The average molecular weight is 397 g/mol. The number of rotatable bonds is 5. The van der Waals surface area contributed by atoms with Gasteiger partial charge < -0.3 is 10.1 Å². The first-order valence-electron chi connectivity index (χ1n) is 8.37. The van der Waals surface area contributed by atoms with Crippen molar-refractivity contribution < 1.29 is 28.8 Å². The van der Waals surface area contributed by atoms with Crippen LogP contribution in [0.4, 0.5) is 11.4 Å². The maximum absolute atomic E-state index is 12.2. The summed E-state index contributed by atoms with van der Waals surface area (Å²) in [5.41, 5.74) is 0.764. The summed E-state index contributed by atoms with van der Waals surface area (Å²) in [6, 6.07) is 8.09. The van der Waals surface area contributed by atoms with E-state index in [4.69, 9.17) is 4.74 Å². The average Bonchev–Trinajstić information content (AvgIpc) is 2.91. The molecule has 10 heteroatoms. The van der Waals surface area contributed by atoms with Crippen LogP contribution in [0.3, 0.4) is 0 Å². The van der Waals surface area contributed by atoms with E-state index in [0.717, 1.165) is 4.90 Å². The lowest BCUT2D eigenvalue weighted by Crippen LogP contribution is -2.24.